The molecule has 0 N–H and O–H groups in total. The Balaban J connectivity index is 1.60. The zero-order chi connectivity index (χ0) is 23.4. The SMILES string of the molecule is CC(C)(C)OC(=O)N1CC(OCc2ccc3ccccc3c2)CC1CCCOS(C)(=O)=O. The van der Waals surface area contributed by atoms with Crippen molar-refractivity contribution in [2.45, 2.75) is 64.4 Å². The highest BCUT2D eigenvalue weighted by molar-refractivity contribution is 7.85. The lowest BCUT2D eigenvalue weighted by Crippen LogP contribution is -2.40. The van der Waals surface area contributed by atoms with Gasteiger partial charge in [0.25, 0.3) is 10.1 Å². The highest BCUT2D eigenvalue weighted by atomic mass is 32.2. The third-order valence-electron chi connectivity index (χ3n) is 5.28. The standard InChI is InChI=1S/C24H33NO6S/c1-24(2,3)31-23(26)25-16-22(15-21(25)10-7-13-30-32(4,27)28)29-17-18-11-12-19-8-5-6-9-20(19)14-18/h5-6,8-9,11-12,14,21-22H,7,10,13,15-17H2,1-4H3. The van der Waals surface area contributed by atoms with Gasteiger partial charge in [0.2, 0.25) is 0 Å². The molecule has 0 radical (unpaired) electrons. The lowest BCUT2D eigenvalue weighted by atomic mass is 10.1. The van der Waals surface area contributed by atoms with Gasteiger partial charge in [-0.1, -0.05) is 36.4 Å². The highest BCUT2D eigenvalue weighted by Crippen LogP contribution is 2.27. The van der Waals surface area contributed by atoms with Gasteiger partial charge in [0.05, 0.1) is 32.1 Å². The summed E-state index contributed by atoms with van der Waals surface area (Å²) in [6.45, 7) is 6.51. The number of carbonyl (C=O) groups is 1. The number of nitrogens with zero attached hydrogens (tertiary/aromatic N) is 1. The first-order valence-corrected chi connectivity index (χ1v) is 12.8. The number of likely N-dealkylation sites (tertiary alicyclic amines) is 1. The molecule has 0 saturated carbocycles. The van der Waals surface area contributed by atoms with Crippen LogP contribution in [0.3, 0.4) is 0 Å². The van der Waals surface area contributed by atoms with Crippen molar-refractivity contribution < 1.29 is 26.9 Å². The molecule has 8 heteroatoms. The Morgan fingerprint density at radius 1 is 1.12 bits per heavy atom. The summed E-state index contributed by atoms with van der Waals surface area (Å²) in [5.41, 5.74) is 0.489. The fourth-order valence-electron chi connectivity index (χ4n) is 3.88. The zero-order valence-corrected chi connectivity index (χ0v) is 20.1. The lowest BCUT2D eigenvalue weighted by molar-refractivity contribution is 0.0144. The number of ether oxygens (including phenoxy) is 2. The van der Waals surface area contributed by atoms with Crippen molar-refractivity contribution >= 4 is 27.0 Å². The molecule has 0 spiro atoms. The quantitative estimate of drug-likeness (QED) is 0.424. The van der Waals surface area contributed by atoms with E-state index >= 15 is 0 Å². The summed E-state index contributed by atoms with van der Waals surface area (Å²) in [6.07, 6.45) is 2.36. The van der Waals surface area contributed by atoms with Gasteiger partial charge in [-0.25, -0.2) is 4.79 Å². The monoisotopic (exact) mass is 463 g/mol. The largest absolute Gasteiger partial charge is 0.444 e. The first-order valence-electron chi connectivity index (χ1n) is 10.9. The van der Waals surface area contributed by atoms with Gasteiger partial charge in [-0.3, -0.25) is 4.18 Å². The average molecular weight is 464 g/mol. The Morgan fingerprint density at radius 2 is 1.84 bits per heavy atom. The Kier molecular flexibility index (Phi) is 7.79. The molecule has 32 heavy (non-hydrogen) atoms. The fourth-order valence-corrected chi connectivity index (χ4v) is 4.30. The molecular formula is C24H33NO6S. The summed E-state index contributed by atoms with van der Waals surface area (Å²) in [4.78, 5) is 14.5. The van der Waals surface area contributed by atoms with Gasteiger partial charge in [0.1, 0.15) is 5.60 Å². The number of fused-ring (bicyclic) bond motifs is 1. The van der Waals surface area contributed by atoms with E-state index in [1.165, 1.54) is 10.8 Å². The minimum atomic E-state index is -3.47. The van der Waals surface area contributed by atoms with Crippen LogP contribution < -0.4 is 0 Å². The molecule has 2 aromatic rings. The van der Waals surface area contributed by atoms with E-state index in [0.717, 1.165) is 11.8 Å². The Labute approximate surface area is 190 Å². The molecular weight excluding hydrogens is 430 g/mol. The number of rotatable bonds is 8. The second-order valence-corrected chi connectivity index (χ2v) is 10.9. The van der Waals surface area contributed by atoms with Gasteiger partial charge in [0.15, 0.2) is 0 Å². The van der Waals surface area contributed by atoms with Crippen LogP contribution >= 0.6 is 0 Å². The maximum absolute atomic E-state index is 12.8. The van der Waals surface area contributed by atoms with Crippen molar-refractivity contribution in [1.82, 2.24) is 4.90 Å². The molecule has 0 aromatic heterocycles. The summed E-state index contributed by atoms with van der Waals surface area (Å²) in [5.74, 6) is 0. The first kappa shape index (κ1) is 24.5. The molecule has 1 amide bonds. The Bertz CT molecular complexity index is 1030. The lowest BCUT2D eigenvalue weighted by Gasteiger charge is -2.28. The topological polar surface area (TPSA) is 82.1 Å². The molecule has 1 heterocycles. The smallest absolute Gasteiger partial charge is 0.410 e. The molecule has 1 aliphatic rings. The molecule has 1 aliphatic heterocycles. The van der Waals surface area contributed by atoms with Gasteiger partial charge in [-0.2, -0.15) is 8.42 Å². The van der Waals surface area contributed by atoms with Gasteiger partial charge in [-0.15, -0.1) is 0 Å². The summed E-state index contributed by atoms with van der Waals surface area (Å²) >= 11 is 0. The van der Waals surface area contributed by atoms with E-state index in [9.17, 15) is 13.2 Å². The number of benzene rings is 2. The van der Waals surface area contributed by atoms with E-state index in [2.05, 4.69) is 30.3 Å². The summed E-state index contributed by atoms with van der Waals surface area (Å²) < 4.78 is 38.9. The van der Waals surface area contributed by atoms with Crippen LogP contribution in [0.25, 0.3) is 10.8 Å². The summed E-state index contributed by atoms with van der Waals surface area (Å²) in [5, 5.41) is 2.35. The number of carbonyl (C=O) groups excluding carboxylic acids is 1. The number of amides is 1. The second kappa shape index (κ2) is 10.2. The van der Waals surface area contributed by atoms with E-state index in [0.29, 0.717) is 32.4 Å². The van der Waals surface area contributed by atoms with Gasteiger partial charge >= 0.3 is 6.09 Å². The van der Waals surface area contributed by atoms with Crippen LogP contribution in [0.1, 0.15) is 45.6 Å². The van der Waals surface area contributed by atoms with E-state index in [1.807, 2.05) is 32.9 Å². The predicted octanol–water partition coefficient (Wildman–Crippen LogP) is 4.49. The number of hydrogen-bond acceptors (Lipinski definition) is 6. The molecule has 3 rings (SSSR count). The molecule has 1 fully saturated rings. The number of hydrogen-bond donors (Lipinski definition) is 0. The maximum atomic E-state index is 12.8. The van der Waals surface area contributed by atoms with Crippen molar-refractivity contribution in [3.8, 4) is 0 Å². The van der Waals surface area contributed by atoms with Crippen LogP contribution in [-0.2, 0) is 30.4 Å². The average Bonchev–Trinajstić information content (AvgIpc) is 3.11. The molecule has 0 aliphatic carbocycles. The van der Waals surface area contributed by atoms with Crippen LogP contribution in [-0.4, -0.2) is 56.6 Å². The van der Waals surface area contributed by atoms with Gasteiger partial charge < -0.3 is 14.4 Å². The molecule has 2 atom stereocenters. The fraction of sp³-hybridized carbons (Fsp3) is 0.542. The van der Waals surface area contributed by atoms with Gasteiger partial charge in [0, 0.05) is 6.04 Å². The Hall–Kier alpha value is -2.16. The first-order chi connectivity index (χ1) is 15.0. The maximum Gasteiger partial charge on any atom is 0.410 e. The van der Waals surface area contributed by atoms with Crippen LogP contribution in [0.15, 0.2) is 42.5 Å². The van der Waals surface area contributed by atoms with Crippen molar-refractivity contribution in [1.29, 1.82) is 0 Å². The molecule has 2 aromatic carbocycles. The summed E-state index contributed by atoms with van der Waals surface area (Å²) in [7, 11) is -3.47. The van der Waals surface area contributed by atoms with Crippen LogP contribution in [0.4, 0.5) is 4.79 Å². The van der Waals surface area contributed by atoms with E-state index < -0.39 is 15.7 Å². The van der Waals surface area contributed by atoms with Crippen LogP contribution in [0.2, 0.25) is 0 Å². The van der Waals surface area contributed by atoms with Gasteiger partial charge in [-0.05, 0) is 62.4 Å². The van der Waals surface area contributed by atoms with E-state index in [-0.39, 0.29) is 24.8 Å². The van der Waals surface area contributed by atoms with Crippen molar-refractivity contribution in [2.24, 2.45) is 0 Å². The summed E-state index contributed by atoms with van der Waals surface area (Å²) in [6, 6.07) is 14.4. The predicted molar refractivity (Wildman–Crippen MR) is 124 cm³/mol. The van der Waals surface area contributed by atoms with Crippen molar-refractivity contribution in [3.63, 3.8) is 0 Å². The third kappa shape index (κ3) is 7.46. The molecule has 7 nitrogen and oxygen atoms in total. The second-order valence-electron chi connectivity index (χ2n) is 9.31. The highest BCUT2D eigenvalue weighted by Gasteiger charge is 2.37. The van der Waals surface area contributed by atoms with Crippen LogP contribution in [0, 0.1) is 0 Å². The third-order valence-corrected chi connectivity index (χ3v) is 5.88. The Morgan fingerprint density at radius 3 is 2.53 bits per heavy atom. The van der Waals surface area contributed by atoms with Crippen molar-refractivity contribution in [3.05, 3.63) is 48.0 Å². The normalized spacial score (nSPS) is 19.4. The molecule has 176 valence electrons. The molecule has 2 unspecified atom stereocenters. The van der Waals surface area contributed by atoms with Crippen LogP contribution in [0.5, 0.6) is 0 Å². The van der Waals surface area contributed by atoms with E-state index in [1.54, 1.807) is 4.90 Å². The van der Waals surface area contributed by atoms with Crippen molar-refractivity contribution in [2.75, 3.05) is 19.4 Å². The molecule has 0 bridgehead atoms. The minimum absolute atomic E-state index is 0.0883. The minimum Gasteiger partial charge on any atom is -0.444 e. The molecule has 1 saturated heterocycles. The zero-order valence-electron chi connectivity index (χ0n) is 19.2. The van der Waals surface area contributed by atoms with E-state index in [4.69, 9.17) is 13.7 Å².